The number of carbonyl (C=O) groups is 2. The molecule has 0 bridgehead atoms. The van der Waals surface area contributed by atoms with E-state index in [0.29, 0.717) is 34.3 Å². The van der Waals surface area contributed by atoms with Gasteiger partial charge in [0.2, 0.25) is 0 Å². The van der Waals surface area contributed by atoms with E-state index < -0.39 is 6.09 Å². The summed E-state index contributed by atoms with van der Waals surface area (Å²) in [6, 6.07) is 13.7. The fourth-order valence-electron chi connectivity index (χ4n) is 2.54. The number of amides is 1. The molecule has 1 aliphatic rings. The molecule has 2 aromatic carbocycles. The number of Topliss-reactive ketones (excluding diaryl/α,β-unsaturated/α-hetero) is 1. The van der Waals surface area contributed by atoms with Crippen molar-refractivity contribution in [1.82, 2.24) is 4.90 Å². The third-order valence-electron chi connectivity index (χ3n) is 3.90. The fourth-order valence-corrected chi connectivity index (χ4v) is 2.84. The van der Waals surface area contributed by atoms with E-state index in [1.807, 2.05) is 6.07 Å². The van der Waals surface area contributed by atoms with Gasteiger partial charge in [0.1, 0.15) is 5.75 Å². The minimum absolute atomic E-state index is 0.0501. The van der Waals surface area contributed by atoms with Gasteiger partial charge >= 0.3 is 6.09 Å². The Morgan fingerprint density at radius 2 is 1.80 bits per heavy atom. The third kappa shape index (κ3) is 4.21. The topological polar surface area (TPSA) is 46.6 Å². The fraction of sp³-hybridized carbons (Fsp3) is 0.158. The molecule has 0 radical (unpaired) electrons. The van der Waals surface area contributed by atoms with Crippen LogP contribution < -0.4 is 4.74 Å². The maximum absolute atomic E-state index is 12.5. The molecule has 25 heavy (non-hydrogen) atoms. The lowest BCUT2D eigenvalue weighted by Gasteiger charge is -2.25. The highest BCUT2D eigenvalue weighted by Gasteiger charge is 2.25. The van der Waals surface area contributed by atoms with E-state index in [2.05, 4.69) is 0 Å². The third-order valence-corrected chi connectivity index (χ3v) is 4.64. The number of rotatable bonds is 3. The largest absolute Gasteiger partial charge is 0.419 e. The number of hydrogen-bond acceptors (Lipinski definition) is 3. The summed E-state index contributed by atoms with van der Waals surface area (Å²) in [5.41, 5.74) is 0.504. The first-order valence-electron chi connectivity index (χ1n) is 7.75. The highest BCUT2D eigenvalue weighted by molar-refractivity contribution is 6.42. The first kappa shape index (κ1) is 17.5. The van der Waals surface area contributed by atoms with Crippen LogP contribution in [0.1, 0.15) is 16.8 Å². The van der Waals surface area contributed by atoms with Crippen LogP contribution in [0.5, 0.6) is 5.75 Å². The molecule has 0 aromatic heterocycles. The molecule has 128 valence electrons. The van der Waals surface area contributed by atoms with Gasteiger partial charge in [-0.15, -0.1) is 0 Å². The minimum Gasteiger partial charge on any atom is -0.410 e. The number of para-hydroxylation sites is 1. The van der Waals surface area contributed by atoms with Crippen molar-refractivity contribution in [2.75, 3.05) is 6.54 Å². The quantitative estimate of drug-likeness (QED) is 0.691. The maximum Gasteiger partial charge on any atom is 0.419 e. The molecule has 1 atom stereocenters. The Balaban J connectivity index is 1.64. The Hall–Kier alpha value is -2.30. The molecule has 0 saturated carbocycles. The molecule has 0 N–H and O–H groups in total. The maximum atomic E-state index is 12.5. The average Bonchev–Trinajstić information content (AvgIpc) is 2.64. The molecule has 1 heterocycles. The van der Waals surface area contributed by atoms with Crippen LogP contribution in [0.2, 0.25) is 10.0 Å². The van der Waals surface area contributed by atoms with Gasteiger partial charge in [0.25, 0.3) is 0 Å². The number of hydrogen-bond donors (Lipinski definition) is 0. The minimum atomic E-state index is -0.470. The highest BCUT2D eigenvalue weighted by Crippen LogP contribution is 2.26. The van der Waals surface area contributed by atoms with Crippen molar-refractivity contribution in [3.63, 3.8) is 0 Å². The lowest BCUT2D eigenvalue weighted by atomic mass is 9.93. The van der Waals surface area contributed by atoms with Gasteiger partial charge in [-0.1, -0.05) is 47.5 Å². The molecule has 6 heteroatoms. The summed E-state index contributed by atoms with van der Waals surface area (Å²) in [6.07, 6.45) is 3.34. The summed E-state index contributed by atoms with van der Waals surface area (Å²) in [4.78, 5) is 26.1. The van der Waals surface area contributed by atoms with E-state index in [4.69, 9.17) is 27.9 Å². The van der Waals surface area contributed by atoms with Gasteiger partial charge in [0.05, 0.1) is 10.0 Å². The molecular formula is C19H15Cl2NO3. The van der Waals surface area contributed by atoms with Crippen LogP contribution in [-0.2, 0) is 0 Å². The number of nitrogens with zero attached hydrogens (tertiary/aromatic N) is 1. The molecular weight excluding hydrogens is 361 g/mol. The zero-order chi connectivity index (χ0) is 17.8. The normalized spacial score (nSPS) is 16.6. The predicted molar refractivity (Wildman–Crippen MR) is 97.2 cm³/mol. The van der Waals surface area contributed by atoms with Crippen molar-refractivity contribution in [2.24, 2.45) is 5.92 Å². The van der Waals surface area contributed by atoms with Crippen molar-refractivity contribution < 1.29 is 14.3 Å². The summed E-state index contributed by atoms with van der Waals surface area (Å²) in [5.74, 6) is 0.124. The number of ketones is 1. The Morgan fingerprint density at radius 1 is 1.04 bits per heavy atom. The van der Waals surface area contributed by atoms with Gasteiger partial charge in [0, 0.05) is 24.2 Å². The summed E-state index contributed by atoms with van der Waals surface area (Å²) >= 11 is 11.8. The monoisotopic (exact) mass is 375 g/mol. The Labute approximate surface area is 155 Å². The first-order chi connectivity index (χ1) is 12.0. The number of carbonyl (C=O) groups excluding carboxylic acids is 2. The number of allylic oxidation sites excluding steroid dienone is 1. The second-order valence-electron chi connectivity index (χ2n) is 5.60. The zero-order valence-corrected chi connectivity index (χ0v) is 14.7. The van der Waals surface area contributed by atoms with Crippen molar-refractivity contribution >= 4 is 35.1 Å². The lowest BCUT2D eigenvalue weighted by molar-refractivity contribution is 0.0924. The van der Waals surface area contributed by atoms with Crippen molar-refractivity contribution in [1.29, 1.82) is 0 Å². The number of benzene rings is 2. The smallest absolute Gasteiger partial charge is 0.410 e. The number of halogens is 2. The van der Waals surface area contributed by atoms with Gasteiger partial charge in [-0.2, -0.15) is 0 Å². The second kappa shape index (κ2) is 7.72. The van der Waals surface area contributed by atoms with E-state index in [1.165, 1.54) is 4.90 Å². The second-order valence-corrected chi connectivity index (χ2v) is 6.42. The van der Waals surface area contributed by atoms with Crippen LogP contribution in [-0.4, -0.2) is 23.3 Å². The molecule has 0 fully saturated rings. The Bertz CT molecular complexity index is 821. The van der Waals surface area contributed by atoms with E-state index in [0.717, 1.165) is 0 Å². The predicted octanol–water partition coefficient (Wildman–Crippen LogP) is 5.21. The Kier molecular flexibility index (Phi) is 5.41. The molecule has 3 rings (SSSR count). The molecule has 0 spiro atoms. The summed E-state index contributed by atoms with van der Waals surface area (Å²) in [6.45, 7) is 0.403. The molecule has 0 aliphatic carbocycles. The first-order valence-corrected chi connectivity index (χ1v) is 8.51. The van der Waals surface area contributed by atoms with E-state index in [9.17, 15) is 9.59 Å². The van der Waals surface area contributed by atoms with Crippen LogP contribution in [0, 0.1) is 5.92 Å². The van der Waals surface area contributed by atoms with Gasteiger partial charge in [-0.3, -0.25) is 9.69 Å². The molecule has 4 nitrogen and oxygen atoms in total. The summed E-state index contributed by atoms with van der Waals surface area (Å²) < 4.78 is 5.28. The SMILES string of the molecule is O=C(c1ccc(Cl)c(Cl)c1)C1C=CN(C(=O)Oc2ccccc2)CC1. The van der Waals surface area contributed by atoms with Gasteiger partial charge < -0.3 is 4.74 Å². The Morgan fingerprint density at radius 3 is 2.44 bits per heavy atom. The van der Waals surface area contributed by atoms with Gasteiger partial charge in [-0.25, -0.2) is 4.79 Å². The lowest BCUT2D eigenvalue weighted by Crippen LogP contribution is -2.34. The van der Waals surface area contributed by atoms with Gasteiger partial charge in [-0.05, 0) is 36.8 Å². The summed E-state index contributed by atoms with van der Waals surface area (Å²) in [7, 11) is 0. The zero-order valence-electron chi connectivity index (χ0n) is 13.2. The van der Waals surface area contributed by atoms with Crippen molar-refractivity contribution in [2.45, 2.75) is 6.42 Å². The molecule has 1 unspecified atom stereocenters. The molecule has 1 amide bonds. The van der Waals surface area contributed by atoms with Crippen molar-refractivity contribution in [3.05, 3.63) is 76.4 Å². The summed E-state index contributed by atoms with van der Waals surface area (Å²) in [5, 5.41) is 0.757. The van der Waals surface area contributed by atoms with Crippen LogP contribution in [0.15, 0.2) is 60.8 Å². The van der Waals surface area contributed by atoms with E-state index >= 15 is 0 Å². The standard InChI is InChI=1S/C19H15Cl2NO3/c20-16-7-6-14(12-17(16)21)18(23)13-8-10-22(11-9-13)19(24)25-15-4-2-1-3-5-15/h1-8,10,12-13H,9,11H2. The van der Waals surface area contributed by atoms with Gasteiger partial charge in [0.15, 0.2) is 5.78 Å². The average molecular weight is 376 g/mol. The molecule has 1 aliphatic heterocycles. The van der Waals surface area contributed by atoms with Crippen LogP contribution in [0.4, 0.5) is 4.79 Å². The van der Waals surface area contributed by atoms with E-state index in [-0.39, 0.29) is 11.7 Å². The molecule has 0 saturated heterocycles. The number of ether oxygens (including phenoxy) is 1. The van der Waals surface area contributed by atoms with E-state index in [1.54, 1.807) is 54.7 Å². The van der Waals surface area contributed by atoms with Crippen LogP contribution in [0.3, 0.4) is 0 Å². The molecule has 2 aromatic rings. The van der Waals surface area contributed by atoms with Crippen LogP contribution in [0.25, 0.3) is 0 Å². The van der Waals surface area contributed by atoms with Crippen LogP contribution >= 0.6 is 23.2 Å². The van der Waals surface area contributed by atoms with Crippen molar-refractivity contribution in [3.8, 4) is 5.75 Å². The highest BCUT2D eigenvalue weighted by atomic mass is 35.5.